The topological polar surface area (TPSA) is 54.4 Å². The highest BCUT2D eigenvalue weighted by atomic mass is 127. The summed E-state index contributed by atoms with van der Waals surface area (Å²) in [6, 6.07) is 4.83. The van der Waals surface area contributed by atoms with E-state index < -0.39 is 21.2 Å². The number of hydrogen-bond donors (Lipinski definition) is 1. The lowest BCUT2D eigenvalue weighted by atomic mass is 10.0. The zero-order valence-electron chi connectivity index (χ0n) is 17.7. The standard InChI is InChI=1S/C24H39IO3/c1-2-3-4-5-6-7-8-9-10-11-12-13-14-15-16-19-22(26)21-18-17-20-23(27)24(21)25-28/h17-18,20,27H,2-16,19H2,1H3. The number of phenols is 1. The summed E-state index contributed by atoms with van der Waals surface area (Å²) in [4.78, 5) is 12.3. The maximum Gasteiger partial charge on any atom is 0.186 e. The predicted molar refractivity (Wildman–Crippen MR) is 125 cm³/mol. The first-order valence-corrected chi connectivity index (χ1v) is 13.3. The second-order valence-corrected chi connectivity index (χ2v) is 9.36. The van der Waals surface area contributed by atoms with E-state index in [0.717, 1.165) is 12.8 Å². The third-order valence-electron chi connectivity index (χ3n) is 5.36. The molecule has 160 valence electrons. The third-order valence-corrected chi connectivity index (χ3v) is 6.94. The molecule has 0 aliphatic rings. The van der Waals surface area contributed by atoms with E-state index in [-0.39, 0.29) is 11.5 Å². The zero-order chi connectivity index (χ0) is 20.5. The van der Waals surface area contributed by atoms with Crippen LogP contribution in [-0.2, 0) is 3.07 Å². The Morgan fingerprint density at radius 3 is 1.71 bits per heavy atom. The van der Waals surface area contributed by atoms with Gasteiger partial charge in [0.2, 0.25) is 0 Å². The van der Waals surface area contributed by atoms with Crippen LogP contribution in [0.3, 0.4) is 0 Å². The Morgan fingerprint density at radius 2 is 1.25 bits per heavy atom. The van der Waals surface area contributed by atoms with Gasteiger partial charge in [-0.3, -0.25) is 7.86 Å². The Balaban J connectivity index is 1.95. The van der Waals surface area contributed by atoms with Gasteiger partial charge in [0.25, 0.3) is 0 Å². The smallest absolute Gasteiger partial charge is 0.186 e. The van der Waals surface area contributed by atoms with Crippen molar-refractivity contribution in [3.05, 3.63) is 27.3 Å². The highest BCUT2D eigenvalue weighted by molar-refractivity contribution is 14.1. The minimum Gasteiger partial charge on any atom is -0.507 e. The van der Waals surface area contributed by atoms with E-state index in [1.165, 1.54) is 89.5 Å². The average Bonchev–Trinajstić information content (AvgIpc) is 2.70. The molecule has 0 aromatic heterocycles. The number of unbranched alkanes of at least 4 members (excludes halogenated alkanes) is 14. The number of aromatic hydroxyl groups is 1. The number of carbonyl (C=O) groups excluding carboxylic acids is 1. The fourth-order valence-electron chi connectivity index (χ4n) is 3.61. The van der Waals surface area contributed by atoms with E-state index in [0.29, 0.717) is 15.6 Å². The fourth-order valence-corrected chi connectivity index (χ4v) is 4.73. The van der Waals surface area contributed by atoms with Crippen molar-refractivity contribution in [2.24, 2.45) is 0 Å². The van der Waals surface area contributed by atoms with Crippen LogP contribution in [0.2, 0.25) is 0 Å². The molecule has 1 N–H and O–H groups in total. The van der Waals surface area contributed by atoms with Crippen LogP contribution in [0.1, 0.15) is 120 Å². The minimum atomic E-state index is -1.53. The van der Waals surface area contributed by atoms with Gasteiger partial charge in [0.15, 0.2) is 27.0 Å². The van der Waals surface area contributed by atoms with Gasteiger partial charge >= 0.3 is 0 Å². The summed E-state index contributed by atoms with van der Waals surface area (Å²) in [6.07, 6.45) is 20.1. The second-order valence-electron chi connectivity index (χ2n) is 7.84. The van der Waals surface area contributed by atoms with Crippen molar-refractivity contribution in [3.8, 4) is 5.75 Å². The number of carbonyl (C=O) groups is 1. The molecule has 0 aliphatic carbocycles. The highest BCUT2D eigenvalue weighted by Crippen LogP contribution is 2.27. The molecule has 0 saturated carbocycles. The third kappa shape index (κ3) is 11.3. The SMILES string of the molecule is CCCCCCCCCCCCCCCCCC(=O)c1cccc(O)c1I=O. The van der Waals surface area contributed by atoms with Gasteiger partial charge in [-0.05, 0) is 18.6 Å². The Bertz CT molecular complexity index is 557. The van der Waals surface area contributed by atoms with Crippen LogP contribution >= 0.6 is 21.2 Å². The summed E-state index contributed by atoms with van der Waals surface area (Å²) in [5.41, 5.74) is 0.452. The molecule has 0 heterocycles. The molecule has 0 saturated heterocycles. The van der Waals surface area contributed by atoms with Crippen LogP contribution in [0.15, 0.2) is 18.2 Å². The summed E-state index contributed by atoms with van der Waals surface area (Å²) in [5.74, 6) is 0.00119. The van der Waals surface area contributed by atoms with Crippen molar-refractivity contribution in [2.45, 2.75) is 110 Å². The highest BCUT2D eigenvalue weighted by Gasteiger charge is 2.14. The predicted octanol–water partition coefficient (Wildman–Crippen LogP) is 8.32. The van der Waals surface area contributed by atoms with E-state index >= 15 is 0 Å². The number of benzene rings is 1. The van der Waals surface area contributed by atoms with Crippen molar-refractivity contribution >= 4 is 27.0 Å². The Hall–Kier alpha value is -0.780. The Kier molecular flexibility index (Phi) is 15.4. The number of rotatable bonds is 18. The molecule has 0 fully saturated rings. The molecule has 1 rings (SSSR count). The molecule has 0 spiro atoms. The van der Waals surface area contributed by atoms with Gasteiger partial charge in [-0.25, -0.2) is 0 Å². The van der Waals surface area contributed by atoms with Crippen molar-refractivity contribution in [1.82, 2.24) is 0 Å². The second kappa shape index (κ2) is 17.1. The zero-order valence-corrected chi connectivity index (χ0v) is 19.8. The molecule has 0 amide bonds. The van der Waals surface area contributed by atoms with Crippen molar-refractivity contribution in [1.29, 1.82) is 0 Å². The molecule has 0 radical (unpaired) electrons. The van der Waals surface area contributed by atoms with E-state index in [2.05, 4.69) is 6.92 Å². The van der Waals surface area contributed by atoms with Gasteiger partial charge in [0.1, 0.15) is 5.75 Å². The summed E-state index contributed by atoms with van der Waals surface area (Å²) < 4.78 is 11.6. The number of ketones is 1. The molecule has 1 aromatic carbocycles. The largest absolute Gasteiger partial charge is 0.507 e. The van der Waals surface area contributed by atoms with Crippen LogP contribution in [0.4, 0.5) is 0 Å². The minimum absolute atomic E-state index is 0.00913. The number of Topliss-reactive ketones (excluding diaryl/α,β-unsaturated/α-hetero) is 1. The molecule has 28 heavy (non-hydrogen) atoms. The lowest BCUT2D eigenvalue weighted by molar-refractivity contribution is 0.0977. The first kappa shape index (κ1) is 25.3. The molecule has 4 heteroatoms. The maximum atomic E-state index is 12.3. The van der Waals surface area contributed by atoms with Gasteiger partial charge in [-0.1, -0.05) is 103 Å². The molecular formula is C24H39IO3. The number of halogens is 1. The summed E-state index contributed by atoms with van der Waals surface area (Å²) >= 11 is -1.53. The van der Waals surface area contributed by atoms with E-state index in [1.54, 1.807) is 12.1 Å². The summed E-state index contributed by atoms with van der Waals surface area (Å²) in [6.45, 7) is 2.27. The van der Waals surface area contributed by atoms with Crippen LogP contribution < -0.4 is 0 Å². The molecule has 0 atom stereocenters. The Morgan fingerprint density at radius 1 is 0.786 bits per heavy atom. The summed E-state index contributed by atoms with van der Waals surface area (Å²) in [7, 11) is 0. The molecular weight excluding hydrogens is 463 g/mol. The number of phenolic OH excluding ortho intramolecular Hbond substituents is 1. The van der Waals surface area contributed by atoms with E-state index in [9.17, 15) is 13.0 Å². The van der Waals surface area contributed by atoms with Gasteiger partial charge in [0.05, 0.1) is 3.57 Å². The lowest BCUT2D eigenvalue weighted by Gasteiger charge is -2.05. The first-order valence-electron chi connectivity index (χ1n) is 11.3. The van der Waals surface area contributed by atoms with Crippen LogP contribution in [0.5, 0.6) is 5.75 Å². The van der Waals surface area contributed by atoms with Gasteiger partial charge in [0, 0.05) is 12.0 Å². The van der Waals surface area contributed by atoms with Crippen LogP contribution in [0.25, 0.3) is 0 Å². The fraction of sp³-hybridized carbons (Fsp3) is 0.708. The number of hydrogen-bond acceptors (Lipinski definition) is 3. The quantitative estimate of drug-likeness (QED) is 0.125. The maximum absolute atomic E-state index is 12.3. The average molecular weight is 502 g/mol. The molecule has 1 aromatic rings. The van der Waals surface area contributed by atoms with Crippen LogP contribution in [-0.4, -0.2) is 10.9 Å². The monoisotopic (exact) mass is 502 g/mol. The molecule has 0 bridgehead atoms. The van der Waals surface area contributed by atoms with E-state index in [4.69, 9.17) is 0 Å². The van der Waals surface area contributed by atoms with E-state index in [1.807, 2.05) is 0 Å². The normalized spacial score (nSPS) is 11.0. The Labute approximate surface area is 182 Å². The van der Waals surface area contributed by atoms with Crippen molar-refractivity contribution in [2.75, 3.05) is 0 Å². The van der Waals surface area contributed by atoms with Gasteiger partial charge in [-0.2, -0.15) is 0 Å². The molecule has 0 aliphatic heterocycles. The molecule has 0 unspecified atom stereocenters. The van der Waals surface area contributed by atoms with Gasteiger partial charge < -0.3 is 5.11 Å². The van der Waals surface area contributed by atoms with Gasteiger partial charge in [-0.15, -0.1) is 0 Å². The van der Waals surface area contributed by atoms with Crippen molar-refractivity contribution < 1.29 is 13.0 Å². The molecule has 3 nitrogen and oxygen atoms in total. The lowest BCUT2D eigenvalue weighted by Crippen LogP contribution is -2.02. The first-order chi connectivity index (χ1) is 13.7. The van der Waals surface area contributed by atoms with Crippen LogP contribution in [0, 0.1) is 3.57 Å². The summed E-state index contributed by atoms with van der Waals surface area (Å²) in [5, 5.41) is 9.72. The van der Waals surface area contributed by atoms with Crippen molar-refractivity contribution in [3.63, 3.8) is 0 Å².